The van der Waals surface area contributed by atoms with Gasteiger partial charge in [0.2, 0.25) is 5.43 Å². The van der Waals surface area contributed by atoms with Gasteiger partial charge in [-0.1, -0.05) is 0 Å². The number of halogens is 1. The van der Waals surface area contributed by atoms with Gasteiger partial charge in [-0.15, -0.1) is 0 Å². The summed E-state index contributed by atoms with van der Waals surface area (Å²) in [6.45, 7) is 2.20. The lowest BCUT2D eigenvalue weighted by atomic mass is 9.93. The van der Waals surface area contributed by atoms with Gasteiger partial charge in [0.05, 0.1) is 28.4 Å². The molecule has 3 rings (SSSR count). The van der Waals surface area contributed by atoms with Crippen LogP contribution in [0.5, 0.6) is 0 Å². The predicted molar refractivity (Wildman–Crippen MR) is 97.1 cm³/mol. The summed E-state index contributed by atoms with van der Waals surface area (Å²) in [7, 11) is 0. The number of aryl methyl sites for hydroxylation is 1. The number of nitrogens with two attached hydrogens (primary N) is 1. The Kier molecular flexibility index (Phi) is 4.86. The molecule has 0 aliphatic heterocycles. The summed E-state index contributed by atoms with van der Waals surface area (Å²) in [6.07, 6.45) is 3.63. The number of carboxylic acids is 1. The molecule has 0 atom stereocenters. The van der Waals surface area contributed by atoms with E-state index >= 15 is 0 Å². The highest BCUT2D eigenvalue weighted by Crippen LogP contribution is 2.31. The number of fused-ring (bicyclic) bond motifs is 1. The number of carboxylic acid groups (broad SMARTS) is 1. The van der Waals surface area contributed by atoms with Crippen molar-refractivity contribution < 1.29 is 19.4 Å². The number of nitrogens with zero attached hydrogens (tertiary/aromatic N) is 1. The number of nitrogens with one attached hydrogen (secondary N) is 1. The fourth-order valence-electron chi connectivity index (χ4n) is 3.51. The van der Waals surface area contributed by atoms with Gasteiger partial charge in [-0.25, -0.2) is 9.18 Å². The zero-order valence-electron chi connectivity index (χ0n) is 14.5. The number of anilines is 2. The average molecular weight is 363 g/mol. The minimum absolute atomic E-state index is 0.00448. The lowest BCUT2D eigenvalue weighted by Crippen LogP contribution is -2.29. The fourth-order valence-corrected chi connectivity index (χ4v) is 3.51. The van der Waals surface area contributed by atoms with Crippen LogP contribution in [0.15, 0.2) is 17.1 Å². The molecule has 26 heavy (non-hydrogen) atoms. The Morgan fingerprint density at radius 3 is 2.62 bits per heavy atom. The second-order valence-corrected chi connectivity index (χ2v) is 6.66. The predicted octanol–water partition coefficient (Wildman–Crippen LogP) is 2.16. The third-order valence-corrected chi connectivity index (χ3v) is 4.97. The molecular formula is C18H22FN3O4. The number of rotatable bonds is 4. The van der Waals surface area contributed by atoms with Crippen molar-refractivity contribution in [1.82, 2.24) is 4.57 Å². The molecule has 8 heteroatoms. The Bertz CT molecular complexity index is 917. The number of pyridine rings is 1. The van der Waals surface area contributed by atoms with E-state index in [-0.39, 0.29) is 28.9 Å². The van der Waals surface area contributed by atoms with Crippen LogP contribution in [-0.2, 0) is 6.54 Å². The van der Waals surface area contributed by atoms with E-state index < -0.39 is 22.8 Å². The van der Waals surface area contributed by atoms with Crippen LogP contribution < -0.4 is 16.5 Å². The highest BCUT2D eigenvalue weighted by Gasteiger charge is 2.23. The largest absolute Gasteiger partial charge is 0.477 e. The molecule has 7 nitrogen and oxygen atoms in total. The number of benzene rings is 1. The summed E-state index contributed by atoms with van der Waals surface area (Å²) in [5, 5.41) is 21.8. The Hall–Kier alpha value is -2.61. The molecule has 0 spiro atoms. The van der Waals surface area contributed by atoms with E-state index in [1.54, 1.807) is 11.5 Å². The maximum atomic E-state index is 14.8. The van der Waals surface area contributed by atoms with Gasteiger partial charge in [0.1, 0.15) is 5.56 Å². The van der Waals surface area contributed by atoms with Crippen LogP contribution in [0, 0.1) is 5.82 Å². The van der Waals surface area contributed by atoms with Crippen molar-refractivity contribution in [3.05, 3.63) is 33.9 Å². The molecular weight excluding hydrogens is 341 g/mol. The number of carbonyl (C=O) groups is 1. The molecule has 5 N–H and O–H groups in total. The molecule has 1 aliphatic rings. The average Bonchev–Trinajstić information content (AvgIpc) is 2.61. The van der Waals surface area contributed by atoms with Gasteiger partial charge < -0.3 is 25.8 Å². The van der Waals surface area contributed by atoms with Crippen LogP contribution >= 0.6 is 0 Å². The summed E-state index contributed by atoms with van der Waals surface area (Å²) in [5.41, 5.74) is 4.87. The molecule has 1 saturated carbocycles. The second kappa shape index (κ2) is 6.95. The monoisotopic (exact) mass is 363 g/mol. The van der Waals surface area contributed by atoms with Gasteiger partial charge >= 0.3 is 5.97 Å². The molecule has 0 unspecified atom stereocenters. The summed E-state index contributed by atoms with van der Waals surface area (Å²) < 4.78 is 16.4. The second-order valence-electron chi connectivity index (χ2n) is 6.66. The molecule has 1 aromatic carbocycles. The standard InChI is InChI=1S/C18H22FN3O4/c1-2-22-8-11(18(25)26)17(24)14-13(22)7-12(15(19)16(14)20)21-9-3-5-10(23)6-4-9/h7-10,21,23H,2-6,20H2,1H3,(H,25,26). The summed E-state index contributed by atoms with van der Waals surface area (Å²) in [6, 6.07) is 1.51. The first-order valence-electron chi connectivity index (χ1n) is 8.66. The van der Waals surface area contributed by atoms with Crippen molar-refractivity contribution in [2.45, 2.75) is 51.3 Å². The maximum absolute atomic E-state index is 14.8. The SMILES string of the molecule is CCn1cc(C(=O)O)c(=O)c2c(N)c(F)c(NC3CCC(O)CC3)cc21. The topological polar surface area (TPSA) is 118 Å². The Labute approximate surface area is 149 Å². The van der Waals surface area contributed by atoms with Crippen molar-refractivity contribution in [3.63, 3.8) is 0 Å². The first-order chi connectivity index (χ1) is 12.3. The Balaban J connectivity index is 2.13. The Morgan fingerprint density at radius 1 is 1.38 bits per heavy atom. The van der Waals surface area contributed by atoms with Gasteiger partial charge in [0, 0.05) is 18.8 Å². The molecule has 1 aliphatic carbocycles. The Morgan fingerprint density at radius 2 is 2.04 bits per heavy atom. The number of aliphatic hydroxyl groups excluding tert-OH is 1. The number of nitrogen functional groups attached to an aromatic ring is 1. The van der Waals surface area contributed by atoms with Crippen molar-refractivity contribution in [1.29, 1.82) is 0 Å². The van der Waals surface area contributed by atoms with E-state index in [1.807, 2.05) is 0 Å². The number of hydrogen-bond donors (Lipinski definition) is 4. The highest BCUT2D eigenvalue weighted by atomic mass is 19.1. The third-order valence-electron chi connectivity index (χ3n) is 4.97. The lowest BCUT2D eigenvalue weighted by molar-refractivity contribution is 0.0695. The van der Waals surface area contributed by atoms with Crippen LogP contribution in [0.2, 0.25) is 0 Å². The van der Waals surface area contributed by atoms with E-state index in [9.17, 15) is 24.2 Å². The minimum Gasteiger partial charge on any atom is -0.477 e. The van der Waals surface area contributed by atoms with Crippen LogP contribution in [0.3, 0.4) is 0 Å². The fraction of sp³-hybridized carbons (Fsp3) is 0.444. The molecule has 1 aromatic heterocycles. The van der Waals surface area contributed by atoms with Gasteiger partial charge in [-0.2, -0.15) is 0 Å². The molecule has 0 amide bonds. The van der Waals surface area contributed by atoms with Gasteiger partial charge in [0.25, 0.3) is 0 Å². The zero-order valence-corrected chi connectivity index (χ0v) is 14.5. The third kappa shape index (κ3) is 3.12. The van der Waals surface area contributed by atoms with Crippen LogP contribution in [0.25, 0.3) is 10.9 Å². The molecule has 0 radical (unpaired) electrons. The quantitative estimate of drug-likeness (QED) is 0.618. The summed E-state index contributed by atoms with van der Waals surface area (Å²) in [4.78, 5) is 23.8. The first-order valence-corrected chi connectivity index (χ1v) is 8.66. The van der Waals surface area contributed by atoms with Crippen LogP contribution in [-0.4, -0.2) is 32.9 Å². The van der Waals surface area contributed by atoms with Gasteiger partial charge in [-0.3, -0.25) is 4.79 Å². The van der Waals surface area contributed by atoms with Crippen LogP contribution in [0.1, 0.15) is 43.0 Å². The molecule has 140 valence electrons. The number of hydrogen-bond acceptors (Lipinski definition) is 5. The van der Waals surface area contributed by atoms with E-state index in [4.69, 9.17) is 5.73 Å². The zero-order chi connectivity index (χ0) is 19.0. The normalized spacial score (nSPS) is 20.3. The number of aromatic nitrogens is 1. The minimum atomic E-state index is -1.37. The smallest absolute Gasteiger partial charge is 0.341 e. The molecule has 1 heterocycles. The first kappa shape index (κ1) is 18.2. The number of aromatic carboxylic acids is 1. The lowest BCUT2D eigenvalue weighted by Gasteiger charge is -2.27. The van der Waals surface area contributed by atoms with Gasteiger partial charge in [0.15, 0.2) is 5.82 Å². The van der Waals surface area contributed by atoms with Crippen molar-refractivity contribution >= 4 is 28.2 Å². The molecule has 0 bridgehead atoms. The van der Waals surface area contributed by atoms with Crippen molar-refractivity contribution in [3.8, 4) is 0 Å². The number of aliphatic hydroxyl groups is 1. The molecule has 1 fully saturated rings. The van der Waals surface area contributed by atoms with Gasteiger partial charge in [-0.05, 0) is 38.7 Å². The van der Waals surface area contributed by atoms with E-state index in [0.717, 1.165) is 0 Å². The highest BCUT2D eigenvalue weighted by molar-refractivity contribution is 5.99. The van der Waals surface area contributed by atoms with Crippen LogP contribution in [0.4, 0.5) is 15.8 Å². The summed E-state index contributed by atoms with van der Waals surface area (Å²) in [5.74, 6) is -2.13. The summed E-state index contributed by atoms with van der Waals surface area (Å²) >= 11 is 0. The van der Waals surface area contributed by atoms with Crippen molar-refractivity contribution in [2.75, 3.05) is 11.1 Å². The van der Waals surface area contributed by atoms with E-state index in [2.05, 4.69) is 5.32 Å². The molecule has 2 aromatic rings. The van der Waals surface area contributed by atoms with E-state index in [1.165, 1.54) is 12.3 Å². The molecule has 0 saturated heterocycles. The van der Waals surface area contributed by atoms with E-state index in [0.29, 0.717) is 37.7 Å². The maximum Gasteiger partial charge on any atom is 0.341 e. The van der Waals surface area contributed by atoms with Crippen molar-refractivity contribution in [2.24, 2.45) is 0 Å².